The summed E-state index contributed by atoms with van der Waals surface area (Å²) in [5, 5.41) is 0. The predicted octanol–water partition coefficient (Wildman–Crippen LogP) is 2.79. The van der Waals surface area contributed by atoms with E-state index in [9.17, 15) is 13.6 Å². The standard InChI is InChI=1S/C8H14F2O/c1-3-4-5-6-8(9,10)7(2)11/h3-6H2,1-2H3. The van der Waals surface area contributed by atoms with Gasteiger partial charge in [0.2, 0.25) is 0 Å². The molecule has 0 bridgehead atoms. The number of alkyl halides is 2. The Kier molecular flexibility index (Phi) is 4.23. The van der Waals surface area contributed by atoms with Crippen LogP contribution in [0.2, 0.25) is 0 Å². The van der Waals surface area contributed by atoms with Gasteiger partial charge in [-0.05, 0) is 6.42 Å². The molecule has 1 nitrogen and oxygen atoms in total. The number of carbonyl (C=O) groups is 1. The average Bonchev–Trinajstić information content (AvgIpc) is 1.88. The van der Waals surface area contributed by atoms with Gasteiger partial charge in [0, 0.05) is 13.3 Å². The molecule has 0 N–H and O–H groups in total. The molecule has 0 spiro atoms. The molecule has 0 aromatic carbocycles. The molecule has 0 fully saturated rings. The molecule has 66 valence electrons. The van der Waals surface area contributed by atoms with Crippen LogP contribution < -0.4 is 0 Å². The van der Waals surface area contributed by atoms with Crippen molar-refractivity contribution in [2.24, 2.45) is 0 Å². The van der Waals surface area contributed by atoms with Crippen LogP contribution in [0.5, 0.6) is 0 Å². The smallest absolute Gasteiger partial charge is 0.293 e. The highest BCUT2D eigenvalue weighted by Crippen LogP contribution is 2.22. The van der Waals surface area contributed by atoms with Gasteiger partial charge in [-0.2, -0.15) is 8.78 Å². The number of halogens is 2. The monoisotopic (exact) mass is 164 g/mol. The summed E-state index contributed by atoms with van der Waals surface area (Å²) in [6.45, 7) is 2.87. The van der Waals surface area contributed by atoms with Crippen LogP contribution in [0.1, 0.15) is 39.5 Å². The van der Waals surface area contributed by atoms with Crippen molar-refractivity contribution in [1.29, 1.82) is 0 Å². The van der Waals surface area contributed by atoms with Gasteiger partial charge in [0.1, 0.15) is 0 Å². The van der Waals surface area contributed by atoms with Gasteiger partial charge < -0.3 is 0 Å². The molecule has 0 atom stereocenters. The molecule has 3 heteroatoms. The molecule has 0 amide bonds. The molecule has 0 saturated heterocycles. The van der Waals surface area contributed by atoms with Gasteiger partial charge in [0.05, 0.1) is 0 Å². The lowest BCUT2D eigenvalue weighted by molar-refractivity contribution is -0.141. The SMILES string of the molecule is CCCCCC(F)(F)C(C)=O. The van der Waals surface area contributed by atoms with Crippen molar-refractivity contribution >= 4 is 5.78 Å². The molecule has 0 rings (SSSR count). The van der Waals surface area contributed by atoms with E-state index >= 15 is 0 Å². The van der Waals surface area contributed by atoms with Gasteiger partial charge in [0.25, 0.3) is 0 Å². The minimum atomic E-state index is -3.09. The van der Waals surface area contributed by atoms with Gasteiger partial charge in [-0.15, -0.1) is 0 Å². The molecule has 0 aliphatic heterocycles. The molecule has 0 unspecified atom stereocenters. The maximum atomic E-state index is 12.5. The van der Waals surface area contributed by atoms with Crippen molar-refractivity contribution in [3.8, 4) is 0 Å². The fraction of sp³-hybridized carbons (Fsp3) is 0.875. The Labute approximate surface area is 65.8 Å². The van der Waals surface area contributed by atoms with E-state index in [0.29, 0.717) is 6.42 Å². The van der Waals surface area contributed by atoms with Crippen molar-refractivity contribution in [1.82, 2.24) is 0 Å². The number of carbonyl (C=O) groups excluding carboxylic acids is 1. The van der Waals surface area contributed by atoms with Crippen LogP contribution >= 0.6 is 0 Å². The summed E-state index contributed by atoms with van der Waals surface area (Å²) in [4.78, 5) is 10.3. The highest BCUT2D eigenvalue weighted by atomic mass is 19.3. The van der Waals surface area contributed by atoms with Gasteiger partial charge in [-0.3, -0.25) is 4.79 Å². The number of ketones is 1. The van der Waals surface area contributed by atoms with E-state index in [1.54, 1.807) is 0 Å². The summed E-state index contributed by atoms with van der Waals surface area (Å²) in [5.41, 5.74) is 0. The number of unbranched alkanes of at least 4 members (excludes halogenated alkanes) is 2. The van der Waals surface area contributed by atoms with Crippen LogP contribution in [0.25, 0.3) is 0 Å². The normalized spacial score (nSPS) is 11.6. The Morgan fingerprint density at radius 1 is 1.36 bits per heavy atom. The van der Waals surface area contributed by atoms with Crippen LogP contribution in [-0.4, -0.2) is 11.7 Å². The second kappa shape index (κ2) is 4.42. The molecule has 0 aromatic heterocycles. The Hall–Kier alpha value is -0.470. The number of rotatable bonds is 5. The van der Waals surface area contributed by atoms with Crippen LogP contribution in [0.4, 0.5) is 8.78 Å². The first-order chi connectivity index (χ1) is 5.00. The highest BCUT2D eigenvalue weighted by Gasteiger charge is 2.33. The second-order valence-corrected chi connectivity index (χ2v) is 2.72. The van der Waals surface area contributed by atoms with E-state index in [1.165, 1.54) is 0 Å². The molecule has 11 heavy (non-hydrogen) atoms. The molecule has 0 aliphatic rings. The lowest BCUT2D eigenvalue weighted by atomic mass is 10.1. The Bertz CT molecular complexity index is 132. The third-order valence-electron chi connectivity index (χ3n) is 1.61. The van der Waals surface area contributed by atoms with Crippen molar-refractivity contribution in [3.05, 3.63) is 0 Å². The van der Waals surface area contributed by atoms with Gasteiger partial charge in [-0.25, -0.2) is 0 Å². The first-order valence-corrected chi connectivity index (χ1v) is 3.89. The van der Waals surface area contributed by atoms with E-state index in [4.69, 9.17) is 0 Å². The molecule has 0 heterocycles. The number of hydrogen-bond donors (Lipinski definition) is 0. The fourth-order valence-electron chi connectivity index (χ4n) is 0.773. The summed E-state index contributed by atoms with van der Waals surface area (Å²) < 4.78 is 25.0. The molecule has 0 saturated carbocycles. The summed E-state index contributed by atoms with van der Waals surface area (Å²) >= 11 is 0. The van der Waals surface area contributed by atoms with E-state index < -0.39 is 11.7 Å². The third kappa shape index (κ3) is 4.06. The minimum absolute atomic E-state index is 0.295. The summed E-state index contributed by atoms with van der Waals surface area (Å²) in [6, 6.07) is 0. The van der Waals surface area contributed by atoms with Crippen LogP contribution in [-0.2, 0) is 4.79 Å². The van der Waals surface area contributed by atoms with Crippen molar-refractivity contribution in [2.45, 2.75) is 45.5 Å². The predicted molar refractivity (Wildman–Crippen MR) is 39.8 cm³/mol. The van der Waals surface area contributed by atoms with Crippen LogP contribution in [0, 0.1) is 0 Å². The molecular formula is C8H14F2O. The molecule has 0 radical (unpaired) electrons. The Balaban J connectivity index is 3.64. The van der Waals surface area contributed by atoms with Gasteiger partial charge >= 0.3 is 5.92 Å². The average molecular weight is 164 g/mol. The topological polar surface area (TPSA) is 17.1 Å². The zero-order valence-electron chi connectivity index (χ0n) is 6.99. The Morgan fingerprint density at radius 3 is 2.27 bits per heavy atom. The summed E-state index contributed by atoms with van der Waals surface area (Å²) in [6.07, 6.45) is 1.80. The molecule has 0 aliphatic carbocycles. The second-order valence-electron chi connectivity index (χ2n) is 2.72. The van der Waals surface area contributed by atoms with Crippen molar-refractivity contribution in [2.75, 3.05) is 0 Å². The largest absolute Gasteiger partial charge is 0.304 e. The number of Topliss-reactive ketones (excluding diaryl/α,β-unsaturated/α-hetero) is 1. The highest BCUT2D eigenvalue weighted by molar-refractivity contribution is 5.82. The molecular weight excluding hydrogens is 150 g/mol. The van der Waals surface area contributed by atoms with E-state index in [1.807, 2.05) is 6.92 Å². The minimum Gasteiger partial charge on any atom is -0.293 e. The third-order valence-corrected chi connectivity index (χ3v) is 1.61. The molecule has 0 aromatic rings. The first-order valence-electron chi connectivity index (χ1n) is 3.89. The zero-order valence-corrected chi connectivity index (χ0v) is 6.99. The number of hydrogen-bond acceptors (Lipinski definition) is 1. The zero-order chi connectivity index (χ0) is 8.91. The lowest BCUT2D eigenvalue weighted by Crippen LogP contribution is -2.25. The summed E-state index contributed by atoms with van der Waals surface area (Å²) in [5.74, 6) is -4.11. The quantitative estimate of drug-likeness (QED) is 0.571. The lowest BCUT2D eigenvalue weighted by Gasteiger charge is -2.11. The Morgan fingerprint density at radius 2 is 1.91 bits per heavy atom. The van der Waals surface area contributed by atoms with E-state index in [0.717, 1.165) is 19.8 Å². The first kappa shape index (κ1) is 10.5. The van der Waals surface area contributed by atoms with Crippen LogP contribution in [0.15, 0.2) is 0 Å². The summed E-state index contributed by atoms with van der Waals surface area (Å²) in [7, 11) is 0. The fourth-order valence-corrected chi connectivity index (χ4v) is 0.773. The van der Waals surface area contributed by atoms with Gasteiger partial charge in [-0.1, -0.05) is 19.8 Å². The van der Waals surface area contributed by atoms with E-state index in [2.05, 4.69) is 0 Å². The maximum absolute atomic E-state index is 12.5. The van der Waals surface area contributed by atoms with Gasteiger partial charge in [0.15, 0.2) is 5.78 Å². The maximum Gasteiger partial charge on any atom is 0.304 e. The van der Waals surface area contributed by atoms with E-state index in [-0.39, 0.29) is 6.42 Å². The van der Waals surface area contributed by atoms with Crippen molar-refractivity contribution < 1.29 is 13.6 Å². The van der Waals surface area contributed by atoms with Crippen molar-refractivity contribution in [3.63, 3.8) is 0 Å². The van der Waals surface area contributed by atoms with Crippen LogP contribution in [0.3, 0.4) is 0 Å².